The van der Waals surface area contributed by atoms with E-state index in [-0.39, 0.29) is 5.56 Å². The van der Waals surface area contributed by atoms with Crippen LogP contribution in [0.25, 0.3) is 22.0 Å². The summed E-state index contributed by atoms with van der Waals surface area (Å²) < 4.78 is 0. The molecule has 1 aromatic heterocycles. The summed E-state index contributed by atoms with van der Waals surface area (Å²) in [7, 11) is 2.04. The highest BCUT2D eigenvalue weighted by Crippen LogP contribution is 2.28. The zero-order chi connectivity index (χ0) is 25.1. The number of hydrazine groups is 1. The van der Waals surface area contributed by atoms with Crippen LogP contribution in [-0.2, 0) is 0 Å². The fraction of sp³-hybridized carbons (Fsp3) is 0.185. The second-order valence-electron chi connectivity index (χ2n) is 8.69. The van der Waals surface area contributed by atoms with Crippen LogP contribution in [0.5, 0.6) is 0 Å². The Morgan fingerprint density at radius 2 is 1.58 bits per heavy atom. The average molecular weight is 483 g/mol. The van der Waals surface area contributed by atoms with Crippen LogP contribution in [0, 0.1) is 0 Å². The number of hydrogen-bond acceptors (Lipinski definition) is 6. The van der Waals surface area contributed by atoms with E-state index in [0.717, 1.165) is 18.7 Å². The maximum absolute atomic E-state index is 13.5. The summed E-state index contributed by atoms with van der Waals surface area (Å²) in [5.74, 6) is -0.468. The highest BCUT2D eigenvalue weighted by atomic mass is 16.2. The molecule has 0 aliphatic carbocycles. The molecule has 1 fully saturated rings. The number of anilines is 1. The molecule has 0 radical (unpaired) electrons. The molecule has 9 heteroatoms. The number of benzene rings is 3. The first-order valence-electron chi connectivity index (χ1n) is 11.7. The number of aromatic amines is 1. The van der Waals surface area contributed by atoms with Gasteiger partial charge in [0.15, 0.2) is 0 Å². The number of carbonyl (C=O) groups is 2. The summed E-state index contributed by atoms with van der Waals surface area (Å²) in [6.07, 6.45) is 0. The summed E-state index contributed by atoms with van der Waals surface area (Å²) in [5, 5.41) is 14.1. The number of piperazine rings is 1. The number of fused-ring (bicyclic) bond motifs is 1. The monoisotopic (exact) mass is 482 g/mol. The minimum Gasteiger partial charge on any atom is -0.304 e. The predicted molar refractivity (Wildman–Crippen MR) is 139 cm³/mol. The minimum absolute atomic E-state index is 0.261. The van der Waals surface area contributed by atoms with Crippen molar-refractivity contribution in [1.82, 2.24) is 25.4 Å². The normalized spacial score (nSPS) is 14.5. The molecule has 182 valence electrons. The minimum atomic E-state index is -0.537. The molecule has 2 heterocycles. The Morgan fingerprint density at radius 3 is 2.33 bits per heavy atom. The molecule has 1 saturated heterocycles. The zero-order valence-corrected chi connectivity index (χ0v) is 19.8. The first kappa shape index (κ1) is 23.4. The molecule has 36 heavy (non-hydrogen) atoms. The lowest BCUT2D eigenvalue weighted by Crippen LogP contribution is -2.58. The van der Waals surface area contributed by atoms with Gasteiger partial charge < -0.3 is 4.90 Å². The van der Waals surface area contributed by atoms with Gasteiger partial charge in [-0.05, 0) is 37.4 Å². The van der Waals surface area contributed by atoms with Gasteiger partial charge in [0, 0.05) is 42.7 Å². The van der Waals surface area contributed by atoms with Crippen LogP contribution >= 0.6 is 0 Å². The van der Waals surface area contributed by atoms with Crippen molar-refractivity contribution in [3.8, 4) is 11.3 Å². The number of hydrogen-bond donors (Lipinski definition) is 2. The van der Waals surface area contributed by atoms with Crippen LogP contribution < -0.4 is 15.9 Å². The highest BCUT2D eigenvalue weighted by molar-refractivity contribution is 6.08. The van der Waals surface area contributed by atoms with Gasteiger partial charge in [0.05, 0.1) is 16.8 Å². The lowest BCUT2D eigenvalue weighted by molar-refractivity contribution is 0.0954. The van der Waals surface area contributed by atoms with E-state index in [9.17, 15) is 14.4 Å². The summed E-state index contributed by atoms with van der Waals surface area (Å²) >= 11 is 0. The molecule has 9 nitrogen and oxygen atoms in total. The Hall–Kier alpha value is -4.34. The molecule has 3 amide bonds. The third-order valence-electron chi connectivity index (χ3n) is 6.27. The van der Waals surface area contributed by atoms with Gasteiger partial charge in [0.1, 0.15) is 0 Å². The van der Waals surface area contributed by atoms with Crippen molar-refractivity contribution in [3.63, 3.8) is 0 Å². The number of likely N-dealkylation sites (N-methyl/N-ethyl adjacent to an activating group) is 1. The molecule has 4 aromatic rings. The number of carbonyl (C=O) groups excluding carboxylic acids is 2. The number of amides is 3. The summed E-state index contributed by atoms with van der Waals surface area (Å²) in [6.45, 7) is 2.80. The maximum atomic E-state index is 13.5. The molecule has 0 atom stereocenters. The standard InChI is InChI=1S/C27H26N6O3/c1-31-14-16-32(17-15-31)33(27(36)28-25(34)19-8-3-2-4-9-19)21-11-7-10-20(18-21)24-22-12-5-6-13-23(22)26(35)30-29-24/h2-13,18H,14-17H2,1H3,(H,30,35)(H,28,34,36). The van der Waals surface area contributed by atoms with Crippen molar-refractivity contribution in [2.24, 2.45) is 0 Å². The van der Waals surface area contributed by atoms with Gasteiger partial charge in [-0.1, -0.05) is 48.5 Å². The summed E-state index contributed by atoms with van der Waals surface area (Å²) in [6, 6.07) is 22.8. The molecule has 0 saturated carbocycles. The first-order chi connectivity index (χ1) is 17.5. The van der Waals surface area contributed by atoms with Crippen molar-refractivity contribution < 1.29 is 9.59 Å². The maximum Gasteiger partial charge on any atom is 0.343 e. The quantitative estimate of drug-likeness (QED) is 0.464. The Balaban J connectivity index is 1.52. The van der Waals surface area contributed by atoms with Crippen LogP contribution in [0.2, 0.25) is 0 Å². The van der Waals surface area contributed by atoms with Gasteiger partial charge >= 0.3 is 6.03 Å². The van der Waals surface area contributed by atoms with Crippen molar-refractivity contribution in [2.75, 3.05) is 38.2 Å². The number of aromatic nitrogens is 2. The van der Waals surface area contributed by atoms with Gasteiger partial charge in [-0.2, -0.15) is 5.10 Å². The van der Waals surface area contributed by atoms with E-state index in [1.165, 1.54) is 5.01 Å². The lowest BCUT2D eigenvalue weighted by atomic mass is 10.0. The number of nitrogens with zero attached hydrogens (tertiary/aromatic N) is 4. The van der Waals surface area contributed by atoms with Gasteiger partial charge in [-0.15, -0.1) is 0 Å². The molecular weight excluding hydrogens is 456 g/mol. The Labute approximate surface area is 207 Å². The second kappa shape index (κ2) is 10.1. The van der Waals surface area contributed by atoms with Crippen molar-refractivity contribution in [2.45, 2.75) is 0 Å². The predicted octanol–water partition coefficient (Wildman–Crippen LogP) is 3.11. The smallest absolute Gasteiger partial charge is 0.304 e. The van der Waals surface area contributed by atoms with Crippen LogP contribution in [0.4, 0.5) is 10.5 Å². The molecule has 3 aromatic carbocycles. The Morgan fingerprint density at radius 1 is 0.889 bits per heavy atom. The third kappa shape index (κ3) is 4.74. The van der Waals surface area contributed by atoms with Crippen LogP contribution in [0.15, 0.2) is 83.7 Å². The SMILES string of the molecule is CN1CCN(N(C(=O)NC(=O)c2ccccc2)c2cccc(-c3n[nH]c(=O)c4ccccc34)c2)CC1. The van der Waals surface area contributed by atoms with E-state index in [1.807, 2.05) is 54.5 Å². The van der Waals surface area contributed by atoms with Gasteiger partial charge in [0.2, 0.25) is 0 Å². The number of urea groups is 1. The van der Waals surface area contributed by atoms with E-state index in [4.69, 9.17) is 0 Å². The second-order valence-corrected chi connectivity index (χ2v) is 8.69. The number of nitrogens with one attached hydrogen (secondary N) is 2. The van der Waals surface area contributed by atoms with E-state index >= 15 is 0 Å². The topological polar surface area (TPSA) is 102 Å². The largest absolute Gasteiger partial charge is 0.343 e. The van der Waals surface area contributed by atoms with Crippen LogP contribution in [0.1, 0.15) is 10.4 Å². The zero-order valence-electron chi connectivity index (χ0n) is 19.8. The summed E-state index contributed by atoms with van der Waals surface area (Å²) in [5.41, 5.74) is 2.07. The molecule has 2 N–H and O–H groups in total. The molecule has 0 spiro atoms. The van der Waals surface area contributed by atoms with Crippen molar-refractivity contribution in [1.29, 1.82) is 0 Å². The van der Waals surface area contributed by atoms with E-state index < -0.39 is 11.9 Å². The van der Waals surface area contributed by atoms with Crippen LogP contribution in [-0.4, -0.2) is 65.3 Å². The van der Waals surface area contributed by atoms with E-state index in [0.29, 0.717) is 40.8 Å². The van der Waals surface area contributed by atoms with Gasteiger partial charge in [-0.25, -0.2) is 19.9 Å². The third-order valence-corrected chi connectivity index (χ3v) is 6.27. The average Bonchev–Trinajstić information content (AvgIpc) is 2.91. The van der Waals surface area contributed by atoms with E-state index in [1.54, 1.807) is 36.4 Å². The van der Waals surface area contributed by atoms with Crippen molar-refractivity contribution >= 4 is 28.4 Å². The number of rotatable bonds is 4. The molecular formula is C27H26N6O3. The fourth-order valence-electron chi connectivity index (χ4n) is 4.34. The molecule has 1 aliphatic heterocycles. The van der Waals surface area contributed by atoms with Crippen molar-refractivity contribution in [3.05, 3.63) is 94.8 Å². The van der Waals surface area contributed by atoms with Gasteiger partial charge in [0.25, 0.3) is 11.5 Å². The molecule has 1 aliphatic rings. The first-order valence-corrected chi connectivity index (χ1v) is 11.7. The fourth-order valence-corrected chi connectivity index (χ4v) is 4.34. The summed E-state index contributed by atoms with van der Waals surface area (Å²) in [4.78, 5) is 40.7. The molecule has 0 bridgehead atoms. The molecule has 0 unspecified atom stereocenters. The van der Waals surface area contributed by atoms with E-state index in [2.05, 4.69) is 20.4 Å². The highest BCUT2D eigenvalue weighted by Gasteiger charge is 2.28. The lowest BCUT2D eigenvalue weighted by Gasteiger charge is -2.39. The number of H-pyrrole nitrogens is 1. The van der Waals surface area contributed by atoms with Gasteiger partial charge in [-0.3, -0.25) is 14.9 Å². The Bertz CT molecular complexity index is 1460. The Kier molecular flexibility index (Phi) is 6.57. The van der Waals surface area contributed by atoms with Crippen LogP contribution in [0.3, 0.4) is 0 Å². The number of imide groups is 1. The molecule has 5 rings (SSSR count).